The molecule has 55 heavy (non-hydrogen) atoms. The average molecular weight is 808 g/mol. The van der Waals surface area contributed by atoms with E-state index in [-0.39, 0.29) is 68.1 Å². The van der Waals surface area contributed by atoms with Gasteiger partial charge in [-0.2, -0.15) is 0 Å². The molecule has 0 aromatic carbocycles. The van der Waals surface area contributed by atoms with Crippen LogP contribution in [-0.4, -0.2) is 50.3 Å². The molecule has 10 nitrogen and oxygen atoms in total. The van der Waals surface area contributed by atoms with E-state index in [1.54, 1.807) is 0 Å². The van der Waals surface area contributed by atoms with Crippen molar-refractivity contribution in [2.75, 3.05) is 26.4 Å². The van der Waals surface area contributed by atoms with Gasteiger partial charge in [-0.1, -0.05) is 141 Å². The largest absolute Gasteiger partial charge is 1.00 e. The number of nitrogens with one attached hydrogen (secondary N) is 1. The minimum Gasteiger partial charge on any atom is -0.756 e. The number of ether oxygens (including phenoxy) is 2. The van der Waals surface area contributed by atoms with E-state index in [0.717, 1.165) is 70.6 Å². The number of hydrogen-bond donors (Lipinski definition) is 1. The molecule has 0 heterocycles. The molecule has 0 fully saturated rings. The van der Waals surface area contributed by atoms with E-state index in [0.29, 0.717) is 12.8 Å². The fourth-order valence-corrected chi connectivity index (χ4v) is 6.63. The average Bonchev–Trinajstić information content (AvgIpc) is 3.14. The van der Waals surface area contributed by atoms with Crippen LogP contribution in [0.3, 0.4) is 0 Å². The Hall–Kier alpha value is -1.00. The van der Waals surface area contributed by atoms with Gasteiger partial charge in [-0.3, -0.25) is 18.9 Å². The summed E-state index contributed by atoms with van der Waals surface area (Å²) < 4.78 is 32.7. The molecular formula is C43H79NNaO9P. The van der Waals surface area contributed by atoms with E-state index in [4.69, 9.17) is 18.5 Å². The quantitative estimate of drug-likeness (QED) is 0.0214. The first-order valence-corrected chi connectivity index (χ1v) is 23.2. The van der Waals surface area contributed by atoms with Crippen molar-refractivity contribution in [2.45, 2.75) is 207 Å². The summed E-state index contributed by atoms with van der Waals surface area (Å²) in [6, 6.07) is 0. The maximum Gasteiger partial charge on any atom is 1.00 e. The number of carbonyl (C=O) groups excluding carboxylic acids is 3. The van der Waals surface area contributed by atoms with Gasteiger partial charge < -0.3 is 28.7 Å². The minimum absolute atomic E-state index is 0. The molecular weight excluding hydrogens is 728 g/mol. The molecule has 0 rings (SSSR count). The van der Waals surface area contributed by atoms with Crippen LogP contribution >= 0.6 is 7.82 Å². The maximum atomic E-state index is 12.6. The summed E-state index contributed by atoms with van der Waals surface area (Å²) in [5, 5.41) is 2.43. The van der Waals surface area contributed by atoms with E-state index in [1.165, 1.54) is 90.4 Å². The first-order valence-electron chi connectivity index (χ1n) is 21.7. The Kier molecular flexibility index (Phi) is 43.5. The van der Waals surface area contributed by atoms with Crippen molar-refractivity contribution < 1.29 is 71.9 Å². The fourth-order valence-electron chi connectivity index (χ4n) is 5.90. The van der Waals surface area contributed by atoms with Crippen LogP contribution in [0.4, 0.5) is 0 Å². The summed E-state index contributed by atoms with van der Waals surface area (Å²) >= 11 is 0. The molecule has 1 amide bonds. The molecule has 0 radical (unpaired) electrons. The fraction of sp³-hybridized carbons (Fsp3) is 0.837. The van der Waals surface area contributed by atoms with Gasteiger partial charge in [0.05, 0.1) is 13.2 Å². The number of amides is 1. The first kappa shape index (κ1) is 56.1. The van der Waals surface area contributed by atoms with Crippen LogP contribution < -0.4 is 39.8 Å². The molecule has 0 aromatic heterocycles. The van der Waals surface area contributed by atoms with E-state index in [9.17, 15) is 23.8 Å². The number of allylic oxidation sites excluding steroid dienone is 4. The third kappa shape index (κ3) is 44.0. The van der Waals surface area contributed by atoms with E-state index < -0.39 is 32.5 Å². The number of esters is 2. The van der Waals surface area contributed by atoms with Crippen molar-refractivity contribution in [3.63, 3.8) is 0 Å². The van der Waals surface area contributed by atoms with Crippen LogP contribution in [0, 0.1) is 0 Å². The maximum absolute atomic E-state index is 12.6. The van der Waals surface area contributed by atoms with Gasteiger partial charge in [0.2, 0.25) is 5.91 Å². The molecule has 0 aliphatic heterocycles. The number of phosphoric acid groups is 1. The predicted octanol–water partition coefficient (Wildman–Crippen LogP) is 8.16. The molecule has 0 aliphatic rings. The standard InChI is InChI=1S/C43H80NO9P.Na/c1-4-6-8-10-12-14-16-18-20-22-24-26-28-30-32-34-42(46)50-38-41(39-52-54(48,49)51-37-36-44-40(3)45)53-43(47)35-33-31-29-27-25-23-21-19-17-15-13-11-9-7-5-2;/h18-21,41H,4-17,22-39H2,1-3H3,(H,44,45)(H,48,49);/q;+1/p-1/b20-18-,21-19-;/t41-;/m1./s1. The van der Waals surface area contributed by atoms with Crippen LogP contribution in [0.15, 0.2) is 24.3 Å². The van der Waals surface area contributed by atoms with Crippen molar-refractivity contribution in [1.29, 1.82) is 0 Å². The zero-order valence-electron chi connectivity index (χ0n) is 35.6. The molecule has 12 heteroatoms. The Labute approximate surface area is 358 Å². The van der Waals surface area contributed by atoms with Crippen molar-refractivity contribution in [1.82, 2.24) is 5.32 Å². The van der Waals surface area contributed by atoms with E-state index in [2.05, 4.69) is 43.5 Å². The van der Waals surface area contributed by atoms with Crippen LogP contribution in [0.5, 0.6) is 0 Å². The molecule has 0 spiro atoms. The van der Waals surface area contributed by atoms with Crippen molar-refractivity contribution in [2.24, 2.45) is 0 Å². The Morgan fingerprint density at radius 3 is 1.42 bits per heavy atom. The predicted molar refractivity (Wildman–Crippen MR) is 218 cm³/mol. The number of carbonyl (C=O) groups is 3. The summed E-state index contributed by atoms with van der Waals surface area (Å²) in [6.07, 6.45) is 38.6. The topological polar surface area (TPSA) is 140 Å². The van der Waals surface area contributed by atoms with E-state index >= 15 is 0 Å². The molecule has 2 atom stereocenters. The molecule has 0 aromatic rings. The number of hydrogen-bond acceptors (Lipinski definition) is 9. The minimum atomic E-state index is -4.74. The molecule has 1 unspecified atom stereocenters. The SMILES string of the molecule is CCCCCCCC/C=C\CCCCCCCC(=O)OC[C@H](COP(=O)([O-])OCCNC(C)=O)OC(=O)CCCCCCC/C=C\CCCCCCCC.[Na+]. The van der Waals surface area contributed by atoms with Crippen molar-refractivity contribution in [3.05, 3.63) is 24.3 Å². The van der Waals surface area contributed by atoms with Gasteiger partial charge in [-0.05, 0) is 64.2 Å². The molecule has 1 N–H and O–H groups in total. The van der Waals surface area contributed by atoms with Crippen molar-refractivity contribution in [3.8, 4) is 0 Å². The normalized spacial score (nSPS) is 13.1. The monoisotopic (exact) mass is 808 g/mol. The van der Waals surface area contributed by atoms with Gasteiger partial charge >= 0.3 is 41.5 Å². The van der Waals surface area contributed by atoms with Crippen LogP contribution in [0.2, 0.25) is 0 Å². The van der Waals surface area contributed by atoms with Gasteiger partial charge in [0, 0.05) is 26.3 Å². The van der Waals surface area contributed by atoms with Crippen LogP contribution in [0.1, 0.15) is 201 Å². The second-order valence-electron chi connectivity index (χ2n) is 14.5. The third-order valence-corrected chi connectivity index (χ3v) is 10.1. The van der Waals surface area contributed by atoms with Gasteiger partial charge in [-0.15, -0.1) is 0 Å². The zero-order valence-corrected chi connectivity index (χ0v) is 38.5. The molecule has 316 valence electrons. The van der Waals surface area contributed by atoms with Gasteiger partial charge in [0.1, 0.15) is 6.61 Å². The first-order chi connectivity index (χ1) is 26.2. The number of unbranched alkanes of at least 4 members (excludes halogenated alkanes) is 22. The second kappa shape index (κ2) is 42.6. The zero-order chi connectivity index (χ0) is 39.8. The number of phosphoric ester groups is 1. The third-order valence-electron chi connectivity index (χ3n) is 9.16. The summed E-state index contributed by atoms with van der Waals surface area (Å²) in [7, 11) is -4.74. The Bertz CT molecular complexity index is 1010. The second-order valence-corrected chi connectivity index (χ2v) is 15.9. The molecule has 0 saturated heterocycles. The van der Waals surface area contributed by atoms with Crippen LogP contribution in [-0.2, 0) is 37.5 Å². The molecule has 0 aliphatic carbocycles. The van der Waals surface area contributed by atoms with Crippen molar-refractivity contribution >= 4 is 25.7 Å². The van der Waals surface area contributed by atoms with Gasteiger partial charge in [-0.25, -0.2) is 0 Å². The van der Waals surface area contributed by atoms with Gasteiger partial charge in [0.25, 0.3) is 7.82 Å². The summed E-state index contributed by atoms with van der Waals surface area (Å²) in [5.41, 5.74) is 0. The van der Waals surface area contributed by atoms with Crippen LogP contribution in [0.25, 0.3) is 0 Å². The van der Waals surface area contributed by atoms with Gasteiger partial charge in [0.15, 0.2) is 6.10 Å². The Balaban J connectivity index is 0. The smallest absolute Gasteiger partial charge is 0.756 e. The van der Waals surface area contributed by atoms with E-state index in [1.807, 2.05) is 0 Å². The Morgan fingerprint density at radius 1 is 0.582 bits per heavy atom. The molecule has 0 saturated carbocycles. The number of rotatable bonds is 40. The summed E-state index contributed by atoms with van der Waals surface area (Å²) in [5.74, 6) is -1.24. The summed E-state index contributed by atoms with van der Waals surface area (Å²) in [4.78, 5) is 48.3. The molecule has 0 bridgehead atoms. The summed E-state index contributed by atoms with van der Waals surface area (Å²) in [6.45, 7) is 4.63. The Morgan fingerprint density at radius 2 is 0.982 bits per heavy atom.